The van der Waals surface area contributed by atoms with Gasteiger partial charge in [-0.05, 0) is 24.1 Å². The molecule has 0 radical (unpaired) electrons. The van der Waals surface area contributed by atoms with Crippen LogP contribution in [-0.2, 0) is 6.42 Å². The molecular weight excluding hydrogens is 339 g/mol. The number of aliphatic hydroxyl groups excluding tert-OH is 1. The molecule has 1 unspecified atom stereocenters. The fourth-order valence-electron chi connectivity index (χ4n) is 1.10. The molecule has 0 saturated carbocycles. The Bertz CT molecular complexity index is 347. The third-order valence-electron chi connectivity index (χ3n) is 1.79. The fourth-order valence-corrected chi connectivity index (χ4v) is 1.49. The maximum absolute atomic E-state index is 11.2. The van der Waals surface area contributed by atoms with Crippen LogP contribution in [0.25, 0.3) is 0 Å². The second kappa shape index (κ2) is 7.09. The molecule has 1 rings (SSSR count). The van der Waals surface area contributed by atoms with Crippen molar-refractivity contribution < 1.29 is 14.6 Å². The average Bonchev–Trinajstić information content (AvgIpc) is 2.20. The lowest BCUT2D eigenvalue weighted by Crippen LogP contribution is -2.32. The quantitative estimate of drug-likeness (QED) is 0.492. The maximum atomic E-state index is 11.2. The summed E-state index contributed by atoms with van der Waals surface area (Å²) in [5.41, 5.74) is 1.01. The average molecular weight is 351 g/mol. The van der Waals surface area contributed by atoms with E-state index in [-0.39, 0.29) is 11.0 Å². The zero-order valence-electron chi connectivity index (χ0n) is 8.52. The zero-order chi connectivity index (χ0) is 12.0. The van der Waals surface area contributed by atoms with Crippen molar-refractivity contribution in [2.75, 3.05) is 6.61 Å². The Morgan fingerprint density at radius 1 is 1.50 bits per heavy atom. The molecule has 0 bridgehead atoms. The third-order valence-corrected chi connectivity index (χ3v) is 2.27. The molecule has 1 atom stereocenters. The van der Waals surface area contributed by atoms with Gasteiger partial charge >= 0.3 is 10.5 Å². The summed E-state index contributed by atoms with van der Waals surface area (Å²) < 4.78 is 4.97. The summed E-state index contributed by atoms with van der Waals surface area (Å²) in [5.74, 6) is 0.487. The van der Waals surface area contributed by atoms with Crippen LogP contribution in [0.5, 0.6) is 5.75 Å². The fraction of sp³-hybridized carbons (Fsp3) is 0.222. The number of carbonyl (C=O) groups is 1. The van der Waals surface area contributed by atoms with E-state index < -0.39 is 6.09 Å². The van der Waals surface area contributed by atoms with E-state index >= 15 is 0 Å². The van der Waals surface area contributed by atoms with Crippen LogP contribution in [0, 0.1) is 0 Å². The van der Waals surface area contributed by atoms with Crippen molar-refractivity contribution in [2.24, 2.45) is 0 Å². The van der Waals surface area contributed by atoms with Crippen molar-refractivity contribution in [3.63, 3.8) is 0 Å². The first-order valence-corrected chi connectivity index (χ1v) is 6.61. The van der Waals surface area contributed by atoms with Gasteiger partial charge < -0.3 is 15.1 Å². The SMILES string of the molecule is O=C(NB(P)I)Oc1ccc(CCO)cc1. The Morgan fingerprint density at radius 3 is 2.62 bits per heavy atom. The van der Waals surface area contributed by atoms with Crippen LogP contribution < -0.4 is 9.96 Å². The van der Waals surface area contributed by atoms with Gasteiger partial charge in [0.1, 0.15) is 5.75 Å². The van der Waals surface area contributed by atoms with Crippen LogP contribution in [-0.4, -0.2) is 22.2 Å². The second-order valence-corrected chi connectivity index (χ2v) is 6.42. The number of nitrogens with one attached hydrogen (secondary N) is 1. The van der Waals surface area contributed by atoms with E-state index in [9.17, 15) is 4.79 Å². The highest BCUT2D eigenvalue weighted by molar-refractivity contribution is 14.1. The molecule has 4 nitrogen and oxygen atoms in total. The molecule has 1 aromatic rings. The lowest BCUT2D eigenvalue weighted by atomic mass is 10.1. The number of benzene rings is 1. The summed E-state index contributed by atoms with van der Waals surface area (Å²) in [6, 6.07) is 7.05. The molecule has 0 spiro atoms. The van der Waals surface area contributed by atoms with E-state index in [1.165, 1.54) is 0 Å². The van der Waals surface area contributed by atoms with E-state index in [4.69, 9.17) is 9.84 Å². The van der Waals surface area contributed by atoms with E-state index in [1.54, 1.807) is 12.1 Å². The number of rotatable bonds is 4. The van der Waals surface area contributed by atoms with Crippen molar-refractivity contribution in [1.82, 2.24) is 5.23 Å². The van der Waals surface area contributed by atoms with Gasteiger partial charge in [0.25, 0.3) is 0 Å². The summed E-state index contributed by atoms with van der Waals surface area (Å²) >= 11 is 2.04. The van der Waals surface area contributed by atoms with Gasteiger partial charge in [0.15, 0.2) is 0 Å². The predicted molar refractivity (Wildman–Crippen MR) is 75.9 cm³/mol. The molecule has 86 valence electrons. The standard InChI is InChI=1S/C9H12BINO3P/c11-10(16)12-9(14)15-8-3-1-7(2-4-8)5-6-13/h1-4,13H,5-6,16H2,(H,12,14). The maximum Gasteiger partial charge on any atom is 0.401 e. The van der Waals surface area contributed by atoms with Gasteiger partial charge in [0.2, 0.25) is 0 Å². The molecule has 0 aliphatic heterocycles. The van der Waals surface area contributed by atoms with Crippen LogP contribution in [0.2, 0.25) is 0 Å². The van der Waals surface area contributed by atoms with Crippen molar-refractivity contribution >= 4 is 42.0 Å². The van der Waals surface area contributed by atoms with Gasteiger partial charge in [0.05, 0.1) is 0 Å². The van der Waals surface area contributed by atoms with E-state index in [0.29, 0.717) is 12.2 Å². The summed E-state index contributed by atoms with van der Waals surface area (Å²) in [6.07, 6.45) is 0.123. The first kappa shape index (κ1) is 13.7. The number of carbonyl (C=O) groups excluding carboxylic acids is 1. The molecule has 1 aromatic carbocycles. The molecule has 0 fully saturated rings. The summed E-state index contributed by atoms with van der Waals surface area (Å²) in [5, 5.41) is 11.3. The lowest BCUT2D eigenvalue weighted by molar-refractivity contribution is 0.207. The number of hydrogen-bond acceptors (Lipinski definition) is 3. The largest absolute Gasteiger partial charge is 0.411 e. The molecule has 0 saturated heterocycles. The monoisotopic (exact) mass is 351 g/mol. The highest BCUT2D eigenvalue weighted by Crippen LogP contribution is 2.13. The Balaban J connectivity index is 2.51. The van der Waals surface area contributed by atoms with Crippen LogP contribution >= 0.6 is 31.5 Å². The van der Waals surface area contributed by atoms with Crippen molar-refractivity contribution in [3.8, 4) is 5.75 Å². The minimum absolute atomic E-state index is 0.0567. The summed E-state index contributed by atoms with van der Waals surface area (Å²) in [6.45, 7) is 0.115. The number of hydrogen-bond donors (Lipinski definition) is 2. The second-order valence-electron chi connectivity index (χ2n) is 3.05. The first-order chi connectivity index (χ1) is 7.61. The van der Waals surface area contributed by atoms with Crippen LogP contribution in [0.15, 0.2) is 24.3 Å². The minimum atomic E-state index is -0.482. The Kier molecular flexibility index (Phi) is 6.09. The van der Waals surface area contributed by atoms with E-state index in [1.807, 2.05) is 34.5 Å². The first-order valence-electron chi connectivity index (χ1n) is 4.69. The number of ether oxygens (including phenoxy) is 1. The minimum Gasteiger partial charge on any atom is -0.411 e. The molecule has 1 amide bonds. The normalized spacial score (nSPS) is 9.69. The summed E-state index contributed by atoms with van der Waals surface area (Å²) in [7, 11) is 2.44. The number of halogens is 1. The number of aliphatic hydroxyl groups is 1. The molecule has 0 aliphatic carbocycles. The zero-order valence-corrected chi connectivity index (χ0v) is 11.8. The van der Waals surface area contributed by atoms with Crippen molar-refractivity contribution in [1.29, 1.82) is 0 Å². The van der Waals surface area contributed by atoms with Gasteiger partial charge in [-0.2, -0.15) is 0 Å². The topological polar surface area (TPSA) is 58.6 Å². The van der Waals surface area contributed by atoms with Crippen LogP contribution in [0.1, 0.15) is 5.56 Å². The molecule has 0 heterocycles. The highest BCUT2D eigenvalue weighted by Gasteiger charge is 2.09. The van der Waals surface area contributed by atoms with Crippen molar-refractivity contribution in [2.45, 2.75) is 6.42 Å². The van der Waals surface area contributed by atoms with Gasteiger partial charge in [-0.3, -0.25) is 0 Å². The van der Waals surface area contributed by atoms with E-state index in [2.05, 4.69) is 14.3 Å². The lowest BCUT2D eigenvalue weighted by Gasteiger charge is -2.06. The summed E-state index contributed by atoms with van der Waals surface area (Å²) in [4.78, 5) is 11.2. The molecular formula is C9H12BINO3P. The van der Waals surface area contributed by atoms with Crippen molar-refractivity contribution in [3.05, 3.63) is 29.8 Å². The Morgan fingerprint density at radius 2 is 2.12 bits per heavy atom. The molecule has 7 heteroatoms. The van der Waals surface area contributed by atoms with E-state index in [0.717, 1.165) is 5.56 Å². The highest BCUT2D eigenvalue weighted by atomic mass is 127. The Hall–Kier alpha value is -0.325. The Labute approximate surface area is 110 Å². The molecule has 0 aliphatic rings. The van der Waals surface area contributed by atoms with Crippen LogP contribution in [0.3, 0.4) is 0 Å². The number of amides is 1. The van der Waals surface area contributed by atoms with Gasteiger partial charge in [-0.25, -0.2) is 4.79 Å². The predicted octanol–water partition coefficient (Wildman–Crippen LogP) is 1.60. The van der Waals surface area contributed by atoms with Gasteiger partial charge in [-0.1, -0.05) is 12.1 Å². The van der Waals surface area contributed by atoms with Gasteiger partial charge in [-0.15, -0.1) is 31.5 Å². The van der Waals surface area contributed by atoms with Crippen LogP contribution in [0.4, 0.5) is 4.79 Å². The molecule has 0 aromatic heterocycles. The molecule has 16 heavy (non-hydrogen) atoms. The van der Waals surface area contributed by atoms with Gasteiger partial charge in [0, 0.05) is 6.61 Å². The molecule has 2 N–H and O–H groups in total. The third kappa shape index (κ3) is 5.14. The smallest absolute Gasteiger partial charge is 0.401 e.